The van der Waals surface area contributed by atoms with E-state index in [0.717, 1.165) is 43.2 Å². The number of alkyl halides is 3. The highest BCUT2D eigenvalue weighted by atomic mass is 32.3. The largest absolute Gasteiger partial charge is 0.417 e. The molecule has 0 radical (unpaired) electrons. The van der Waals surface area contributed by atoms with E-state index < -0.39 is 28.1 Å². The molecule has 2 aromatic heterocycles. The highest BCUT2D eigenvalue weighted by Crippen LogP contribution is 2.45. The number of rotatable bonds is 8. The van der Waals surface area contributed by atoms with Crippen LogP contribution in [0.1, 0.15) is 54.4 Å². The lowest BCUT2D eigenvalue weighted by molar-refractivity contribution is -0.137. The summed E-state index contributed by atoms with van der Waals surface area (Å²) in [6.07, 6.45) is 1.07. The van der Waals surface area contributed by atoms with Crippen LogP contribution in [-0.2, 0) is 17.5 Å². The summed E-state index contributed by atoms with van der Waals surface area (Å²) in [7, 11) is -0.797. The predicted molar refractivity (Wildman–Crippen MR) is 185 cm³/mol. The van der Waals surface area contributed by atoms with Crippen LogP contribution >= 0.6 is 10.8 Å². The number of anilines is 2. The molecule has 3 N–H and O–H groups in total. The van der Waals surface area contributed by atoms with Gasteiger partial charge in [0.05, 0.1) is 18.3 Å². The fourth-order valence-electron chi connectivity index (χ4n) is 6.85. The molecule has 3 fully saturated rings. The Labute approximate surface area is 284 Å². The van der Waals surface area contributed by atoms with E-state index in [1.54, 1.807) is 16.6 Å². The molecule has 2 aromatic carbocycles. The molecule has 1 saturated carbocycles. The van der Waals surface area contributed by atoms with Gasteiger partial charge in [-0.1, -0.05) is 24.3 Å². The minimum absolute atomic E-state index is 0.00514. The Kier molecular flexibility index (Phi) is 9.22. The normalized spacial score (nSPS) is 20.5. The van der Waals surface area contributed by atoms with E-state index >= 15 is 0 Å². The molecule has 3 aliphatic rings. The molecule has 0 bridgehead atoms. The van der Waals surface area contributed by atoms with Crippen LogP contribution in [0.4, 0.5) is 24.8 Å². The van der Waals surface area contributed by atoms with Crippen LogP contribution in [0.15, 0.2) is 59.5 Å². The van der Waals surface area contributed by atoms with Crippen molar-refractivity contribution in [2.45, 2.75) is 50.4 Å². The molecule has 7 rings (SSSR count). The Bertz CT molecular complexity index is 1890. The lowest BCUT2D eigenvalue weighted by atomic mass is 9.87. The second kappa shape index (κ2) is 13.3. The minimum Gasteiger partial charge on any atom is -0.371 e. The van der Waals surface area contributed by atoms with Crippen LogP contribution < -0.4 is 10.9 Å². The van der Waals surface area contributed by atoms with Gasteiger partial charge in [-0.2, -0.15) is 18.2 Å². The molecular formula is C35H41F3N6O4S. The first-order valence-corrected chi connectivity index (χ1v) is 18.5. The highest BCUT2D eigenvalue weighted by molar-refractivity contribution is 8.21. The summed E-state index contributed by atoms with van der Waals surface area (Å²) in [5, 5.41) is 3.68. The predicted octanol–water partition coefficient (Wildman–Crippen LogP) is 7.11. The number of nitrogens with one attached hydrogen (secondary N) is 1. The van der Waals surface area contributed by atoms with Gasteiger partial charge in [-0.05, 0) is 85.5 Å². The molecule has 10 nitrogen and oxygen atoms in total. The zero-order chi connectivity index (χ0) is 34.5. The number of benzene rings is 2. The van der Waals surface area contributed by atoms with E-state index in [0.29, 0.717) is 55.7 Å². The number of aromatic nitrogens is 3. The number of morpholine rings is 1. The van der Waals surface area contributed by atoms with E-state index in [-0.39, 0.29) is 35.0 Å². The van der Waals surface area contributed by atoms with Gasteiger partial charge in [-0.3, -0.25) is 18.5 Å². The first-order chi connectivity index (χ1) is 23.3. The van der Waals surface area contributed by atoms with Crippen LogP contribution in [-0.4, -0.2) is 78.9 Å². The zero-order valence-corrected chi connectivity index (χ0v) is 28.3. The maximum atomic E-state index is 14.7. The number of nitrogens with zero attached hydrogens (tertiary/aromatic N) is 5. The molecule has 1 aliphatic carbocycles. The van der Waals surface area contributed by atoms with Gasteiger partial charge < -0.3 is 15.0 Å². The summed E-state index contributed by atoms with van der Waals surface area (Å²) in [5.41, 5.74) is 1.10. The molecule has 1 unspecified atom stereocenters. The molecule has 262 valence electrons. The second-order valence-corrected chi connectivity index (χ2v) is 15.7. The molecule has 4 aromatic rings. The van der Waals surface area contributed by atoms with Gasteiger partial charge in [-0.15, -0.1) is 10.8 Å². The molecule has 14 heteroatoms. The number of fused-ring (bicyclic) bond motifs is 1. The van der Waals surface area contributed by atoms with Crippen LogP contribution in [0.2, 0.25) is 0 Å². The van der Waals surface area contributed by atoms with E-state index in [1.165, 1.54) is 23.0 Å². The van der Waals surface area contributed by atoms with Crippen molar-refractivity contribution >= 4 is 33.4 Å². The van der Waals surface area contributed by atoms with Gasteiger partial charge in [0.2, 0.25) is 5.95 Å². The van der Waals surface area contributed by atoms with E-state index in [9.17, 15) is 27.1 Å². The topological polar surface area (TPSA) is 116 Å². The Hall–Kier alpha value is -3.53. The van der Waals surface area contributed by atoms with Gasteiger partial charge in [0.15, 0.2) is 0 Å². The van der Waals surface area contributed by atoms with Gasteiger partial charge in [0, 0.05) is 61.8 Å². The Morgan fingerprint density at radius 3 is 2.35 bits per heavy atom. The van der Waals surface area contributed by atoms with Crippen molar-refractivity contribution in [1.82, 2.24) is 23.7 Å². The summed E-state index contributed by atoms with van der Waals surface area (Å²) in [6.45, 7) is 3.50. The highest BCUT2D eigenvalue weighted by Gasteiger charge is 2.36. The summed E-state index contributed by atoms with van der Waals surface area (Å²) in [4.78, 5) is 25.5. The average molecular weight is 699 g/mol. The number of likely N-dealkylation sites (N-methyl/N-ethyl adjacent to an activating group) is 1. The molecule has 0 amide bonds. The standard InChI is InChI=1S/C35H41F3N6O4S/c1-42-15-16-48-31(21-42)24-5-8-27(9-6-24)40-34-39-19-26-17-29(33(45)44(32(26)41-34)20-22-3-4-22)28-10-7-25(18-30(28)35(36,37)38)23-11-13-43(14-12-23)49(2,46)47/h5-10,17-19,22-23,31,46-47H,3-4,11-16,20-21H2,1-2H3,(H,39,40,41). The lowest BCUT2D eigenvalue weighted by Gasteiger charge is -2.43. The number of halogens is 3. The molecular weight excluding hydrogens is 657 g/mol. The van der Waals surface area contributed by atoms with E-state index in [1.807, 2.05) is 24.3 Å². The molecule has 2 aliphatic heterocycles. The summed E-state index contributed by atoms with van der Waals surface area (Å²) < 4.78 is 73.0. The maximum Gasteiger partial charge on any atom is 0.417 e. The third-order valence-corrected chi connectivity index (χ3v) is 11.2. The van der Waals surface area contributed by atoms with Crippen molar-refractivity contribution < 1.29 is 27.0 Å². The molecule has 1 atom stereocenters. The summed E-state index contributed by atoms with van der Waals surface area (Å²) in [6, 6.07) is 13.5. The lowest BCUT2D eigenvalue weighted by Crippen LogP contribution is -2.35. The van der Waals surface area contributed by atoms with Gasteiger partial charge in [0.1, 0.15) is 5.65 Å². The third-order valence-electron chi connectivity index (χ3n) is 9.83. The van der Waals surface area contributed by atoms with E-state index in [4.69, 9.17) is 4.74 Å². The Morgan fingerprint density at radius 1 is 0.980 bits per heavy atom. The zero-order valence-electron chi connectivity index (χ0n) is 27.5. The smallest absolute Gasteiger partial charge is 0.371 e. The van der Waals surface area contributed by atoms with Crippen LogP contribution in [0.5, 0.6) is 0 Å². The van der Waals surface area contributed by atoms with Gasteiger partial charge in [-0.25, -0.2) is 9.29 Å². The van der Waals surface area contributed by atoms with Crippen LogP contribution in [0, 0.1) is 5.92 Å². The Morgan fingerprint density at radius 2 is 1.69 bits per heavy atom. The van der Waals surface area contributed by atoms with Gasteiger partial charge in [0.25, 0.3) is 5.56 Å². The number of pyridine rings is 1. The second-order valence-electron chi connectivity index (χ2n) is 13.6. The first kappa shape index (κ1) is 33.9. The fraction of sp³-hybridized carbons (Fsp3) is 0.457. The molecule has 2 saturated heterocycles. The average Bonchev–Trinajstić information content (AvgIpc) is 3.90. The first-order valence-electron chi connectivity index (χ1n) is 16.6. The van der Waals surface area contributed by atoms with Gasteiger partial charge >= 0.3 is 6.18 Å². The summed E-state index contributed by atoms with van der Waals surface area (Å²) >= 11 is 0. The van der Waals surface area contributed by atoms with Crippen molar-refractivity contribution in [2.75, 3.05) is 51.4 Å². The van der Waals surface area contributed by atoms with Crippen molar-refractivity contribution in [3.63, 3.8) is 0 Å². The quantitative estimate of drug-likeness (QED) is 0.177. The maximum absolute atomic E-state index is 14.7. The van der Waals surface area contributed by atoms with Crippen LogP contribution in [0.3, 0.4) is 0 Å². The monoisotopic (exact) mass is 698 g/mol. The van der Waals surface area contributed by atoms with E-state index in [2.05, 4.69) is 27.2 Å². The SMILES string of the molecule is CN1CCOC(c2ccc(Nc3ncc4cc(-c5ccc(C6CCN(S(C)(O)O)CC6)cc5C(F)(F)F)c(=O)n(CC5CC5)c4n3)cc2)C1. The van der Waals surface area contributed by atoms with Crippen molar-refractivity contribution in [1.29, 1.82) is 0 Å². The number of hydrogen-bond donors (Lipinski definition) is 3. The Balaban J connectivity index is 1.20. The fourth-order valence-corrected chi connectivity index (χ4v) is 7.75. The molecule has 4 heterocycles. The number of hydrogen-bond acceptors (Lipinski definition) is 9. The minimum atomic E-state index is -4.70. The number of piperidine rings is 1. The summed E-state index contributed by atoms with van der Waals surface area (Å²) in [5.74, 6) is 0.364. The van der Waals surface area contributed by atoms with Crippen molar-refractivity contribution in [3.05, 3.63) is 81.8 Å². The third kappa shape index (κ3) is 7.49. The molecule has 0 spiro atoms. The van der Waals surface area contributed by atoms with Crippen LogP contribution in [0.25, 0.3) is 22.2 Å². The number of ether oxygens (including phenoxy) is 1. The molecule has 49 heavy (non-hydrogen) atoms. The van der Waals surface area contributed by atoms with Crippen molar-refractivity contribution in [2.24, 2.45) is 5.92 Å². The van der Waals surface area contributed by atoms with Crippen molar-refractivity contribution in [3.8, 4) is 11.1 Å².